The Hall–Kier alpha value is -3.14. The number of rotatable bonds is 8. The SMILES string of the molecule is C=CCN1C(=O)NC(c2cccc(Cl)c2)C(C(=O)OCC)=C1CN1CCCN(C(=O)c2cccs2)CC1. The first-order valence-electron chi connectivity index (χ1n) is 12.3. The largest absolute Gasteiger partial charge is 0.463 e. The van der Waals surface area contributed by atoms with Gasteiger partial charge in [-0.15, -0.1) is 17.9 Å². The number of carbonyl (C=O) groups excluding carboxylic acids is 3. The standard InChI is InChI=1S/C27H31ClN4O4S/c1-3-11-32-21(18-30-12-7-13-31(15-14-30)25(33)22-10-6-16-37-22)23(26(34)36-4-2)24(29-27(32)35)19-8-5-9-20(28)17-19/h3,5-6,8-10,16-17,24H,1,4,7,11-15,18H2,2H3,(H,29,35). The Morgan fingerprint density at radius 1 is 1.22 bits per heavy atom. The van der Waals surface area contributed by atoms with Gasteiger partial charge in [-0.05, 0) is 42.5 Å². The number of thiophene rings is 1. The van der Waals surface area contributed by atoms with E-state index in [1.54, 1.807) is 36.1 Å². The Labute approximate surface area is 226 Å². The van der Waals surface area contributed by atoms with Crippen molar-refractivity contribution in [3.05, 3.63) is 81.2 Å². The minimum absolute atomic E-state index is 0.0367. The third kappa shape index (κ3) is 6.23. The molecule has 2 aromatic rings. The van der Waals surface area contributed by atoms with Crippen LogP contribution in [0.15, 0.2) is 65.7 Å². The molecule has 4 rings (SSSR count). The lowest BCUT2D eigenvalue weighted by molar-refractivity contribution is -0.139. The molecule has 0 aliphatic carbocycles. The van der Waals surface area contributed by atoms with E-state index in [1.165, 1.54) is 11.3 Å². The van der Waals surface area contributed by atoms with Gasteiger partial charge in [0.15, 0.2) is 0 Å². The molecule has 1 aromatic heterocycles. The van der Waals surface area contributed by atoms with Crippen molar-refractivity contribution in [3.8, 4) is 0 Å². The van der Waals surface area contributed by atoms with E-state index in [2.05, 4.69) is 16.8 Å². The molecule has 3 amide bonds. The molecule has 0 spiro atoms. The number of carbonyl (C=O) groups is 3. The van der Waals surface area contributed by atoms with E-state index in [0.29, 0.717) is 48.0 Å². The van der Waals surface area contributed by atoms with Crippen LogP contribution in [-0.2, 0) is 9.53 Å². The number of ether oxygens (including phenoxy) is 1. The zero-order valence-electron chi connectivity index (χ0n) is 20.8. The maximum Gasteiger partial charge on any atom is 0.338 e. The van der Waals surface area contributed by atoms with E-state index >= 15 is 0 Å². The zero-order valence-corrected chi connectivity index (χ0v) is 22.4. The lowest BCUT2D eigenvalue weighted by Gasteiger charge is -2.38. The van der Waals surface area contributed by atoms with Crippen LogP contribution < -0.4 is 5.32 Å². The molecule has 1 saturated heterocycles. The molecule has 0 radical (unpaired) electrons. The Morgan fingerprint density at radius 2 is 2.05 bits per heavy atom. The van der Waals surface area contributed by atoms with Crippen molar-refractivity contribution in [1.29, 1.82) is 0 Å². The number of benzene rings is 1. The quantitative estimate of drug-likeness (QED) is 0.397. The molecule has 0 saturated carbocycles. The molecule has 8 nitrogen and oxygen atoms in total. The molecule has 0 bridgehead atoms. The van der Waals surface area contributed by atoms with Gasteiger partial charge in [0, 0.05) is 50.0 Å². The fraction of sp³-hybridized carbons (Fsp3) is 0.370. The molecule has 1 fully saturated rings. The number of nitrogens with zero attached hydrogens (tertiary/aromatic N) is 3. The van der Waals surface area contributed by atoms with Gasteiger partial charge >= 0.3 is 12.0 Å². The second-order valence-corrected chi connectivity index (χ2v) is 10.2. The van der Waals surface area contributed by atoms with Crippen LogP contribution in [-0.4, -0.2) is 78.5 Å². The molecule has 196 valence electrons. The topological polar surface area (TPSA) is 82.2 Å². The highest BCUT2D eigenvalue weighted by atomic mass is 35.5. The van der Waals surface area contributed by atoms with Crippen molar-refractivity contribution in [2.75, 3.05) is 45.9 Å². The predicted molar refractivity (Wildman–Crippen MR) is 145 cm³/mol. The predicted octanol–water partition coefficient (Wildman–Crippen LogP) is 4.32. The van der Waals surface area contributed by atoms with Crippen molar-refractivity contribution in [1.82, 2.24) is 20.0 Å². The summed E-state index contributed by atoms with van der Waals surface area (Å²) in [6, 6.07) is 9.80. The van der Waals surface area contributed by atoms with Crippen LogP contribution in [0.2, 0.25) is 5.02 Å². The van der Waals surface area contributed by atoms with E-state index in [1.807, 2.05) is 28.5 Å². The molecular weight excluding hydrogens is 512 g/mol. The molecule has 1 atom stereocenters. The van der Waals surface area contributed by atoms with Gasteiger partial charge in [0.2, 0.25) is 0 Å². The van der Waals surface area contributed by atoms with E-state index in [0.717, 1.165) is 17.8 Å². The molecule has 1 N–H and O–H groups in total. The average Bonchev–Trinajstić information content (AvgIpc) is 3.32. The maximum atomic E-state index is 13.3. The summed E-state index contributed by atoms with van der Waals surface area (Å²) in [5.74, 6) is -0.449. The van der Waals surface area contributed by atoms with Gasteiger partial charge < -0.3 is 15.0 Å². The first-order chi connectivity index (χ1) is 17.9. The van der Waals surface area contributed by atoms with Crippen LogP contribution in [0.5, 0.6) is 0 Å². The molecule has 2 aliphatic heterocycles. The fourth-order valence-electron chi connectivity index (χ4n) is 4.68. The minimum Gasteiger partial charge on any atom is -0.463 e. The van der Waals surface area contributed by atoms with Gasteiger partial charge in [0.25, 0.3) is 5.91 Å². The smallest absolute Gasteiger partial charge is 0.338 e. The molecule has 37 heavy (non-hydrogen) atoms. The van der Waals surface area contributed by atoms with Crippen molar-refractivity contribution in [2.45, 2.75) is 19.4 Å². The van der Waals surface area contributed by atoms with E-state index in [9.17, 15) is 14.4 Å². The average molecular weight is 543 g/mol. The monoisotopic (exact) mass is 542 g/mol. The summed E-state index contributed by atoms with van der Waals surface area (Å²) in [5, 5.41) is 5.36. The van der Waals surface area contributed by atoms with Crippen molar-refractivity contribution in [2.24, 2.45) is 0 Å². The van der Waals surface area contributed by atoms with Crippen LogP contribution in [0.25, 0.3) is 0 Å². The van der Waals surface area contributed by atoms with Crippen LogP contribution in [0.4, 0.5) is 4.79 Å². The summed E-state index contributed by atoms with van der Waals surface area (Å²) < 4.78 is 5.46. The Kier molecular flexibility index (Phi) is 9.02. The van der Waals surface area contributed by atoms with Crippen LogP contribution in [0, 0.1) is 0 Å². The van der Waals surface area contributed by atoms with Crippen LogP contribution in [0.1, 0.15) is 34.6 Å². The third-order valence-corrected chi connectivity index (χ3v) is 7.50. The summed E-state index contributed by atoms with van der Waals surface area (Å²) in [5.41, 5.74) is 1.65. The molecule has 3 heterocycles. The first kappa shape index (κ1) is 26.9. The Balaban J connectivity index is 1.66. The van der Waals surface area contributed by atoms with E-state index in [-0.39, 0.29) is 25.1 Å². The normalized spacial score (nSPS) is 18.9. The summed E-state index contributed by atoms with van der Waals surface area (Å²) in [6.07, 6.45) is 2.41. The fourth-order valence-corrected chi connectivity index (χ4v) is 5.57. The van der Waals surface area contributed by atoms with Gasteiger partial charge in [-0.1, -0.05) is 35.9 Å². The molecule has 2 aliphatic rings. The van der Waals surface area contributed by atoms with Crippen LogP contribution in [0.3, 0.4) is 0 Å². The summed E-state index contributed by atoms with van der Waals surface area (Å²) in [6.45, 7) is 8.90. The highest BCUT2D eigenvalue weighted by Crippen LogP contribution is 2.33. The Bertz CT molecular complexity index is 1180. The third-order valence-electron chi connectivity index (χ3n) is 6.41. The number of urea groups is 1. The molecule has 1 aromatic carbocycles. The van der Waals surface area contributed by atoms with Crippen LogP contribution >= 0.6 is 22.9 Å². The van der Waals surface area contributed by atoms with Crippen molar-refractivity contribution >= 4 is 40.8 Å². The summed E-state index contributed by atoms with van der Waals surface area (Å²) >= 11 is 7.69. The number of hydrogen-bond donors (Lipinski definition) is 1. The number of esters is 1. The maximum absolute atomic E-state index is 13.3. The number of nitrogens with one attached hydrogen (secondary N) is 1. The van der Waals surface area contributed by atoms with E-state index in [4.69, 9.17) is 16.3 Å². The number of halogens is 1. The lowest BCUT2D eigenvalue weighted by atomic mass is 9.94. The van der Waals surface area contributed by atoms with Crippen molar-refractivity contribution < 1.29 is 19.1 Å². The zero-order chi connectivity index (χ0) is 26.4. The highest BCUT2D eigenvalue weighted by Gasteiger charge is 2.38. The van der Waals surface area contributed by atoms with E-state index < -0.39 is 12.0 Å². The van der Waals surface area contributed by atoms with Gasteiger partial charge in [0.1, 0.15) is 0 Å². The molecule has 1 unspecified atom stereocenters. The van der Waals surface area contributed by atoms with Gasteiger partial charge in [-0.2, -0.15) is 0 Å². The Morgan fingerprint density at radius 3 is 2.76 bits per heavy atom. The van der Waals surface area contributed by atoms with Gasteiger partial charge in [0.05, 0.1) is 23.1 Å². The summed E-state index contributed by atoms with van der Waals surface area (Å²) in [4.78, 5) is 45.8. The van der Waals surface area contributed by atoms with Gasteiger partial charge in [-0.3, -0.25) is 14.6 Å². The minimum atomic E-state index is -0.704. The number of hydrogen-bond acceptors (Lipinski definition) is 6. The first-order valence-corrected chi connectivity index (χ1v) is 13.6. The molecular formula is C27H31ClN4O4S. The molecule has 10 heteroatoms. The highest BCUT2D eigenvalue weighted by molar-refractivity contribution is 7.12. The summed E-state index contributed by atoms with van der Waals surface area (Å²) in [7, 11) is 0. The second-order valence-electron chi connectivity index (χ2n) is 8.82. The van der Waals surface area contributed by atoms with Gasteiger partial charge in [-0.25, -0.2) is 9.59 Å². The van der Waals surface area contributed by atoms with Crippen molar-refractivity contribution in [3.63, 3.8) is 0 Å². The number of amides is 3. The lowest BCUT2D eigenvalue weighted by Crippen LogP contribution is -2.51. The second kappa shape index (κ2) is 12.4.